The Balaban J connectivity index is 1.56. The number of rotatable bonds is 6. The molecule has 1 aliphatic heterocycles. The number of hydrogen-bond acceptors (Lipinski definition) is 7. The zero-order valence-corrected chi connectivity index (χ0v) is 19.1. The molecule has 0 aliphatic carbocycles. The summed E-state index contributed by atoms with van der Waals surface area (Å²) in [5.41, 5.74) is 15.4. The highest BCUT2D eigenvalue weighted by Crippen LogP contribution is 2.33. The van der Waals surface area contributed by atoms with Gasteiger partial charge in [0.2, 0.25) is 0 Å². The third-order valence-electron chi connectivity index (χ3n) is 5.60. The molecule has 8 nitrogen and oxygen atoms in total. The molecular weight excluding hydrogens is 449 g/mol. The predicted molar refractivity (Wildman–Crippen MR) is 127 cm³/mol. The largest absolute Gasteiger partial charge is 0.471 e. The molecule has 2 aromatic heterocycles. The number of anilines is 1. The Morgan fingerprint density at radius 2 is 2.03 bits per heavy atom. The fourth-order valence-corrected chi connectivity index (χ4v) is 4.32. The standard InChI is InChI=1S/C22H25Cl2N7O/c1-12-20(24)19(17(23)10-29-12)22(27)32-15-2-3-18(25)16(8-15)21(26)13-9-30-31(11-13)14-4-6-28-7-5-14/h2-3,8-11,14,22,26,28H,4-7,25,27H2,1H3/t22-/m0/s1. The van der Waals surface area contributed by atoms with Gasteiger partial charge in [0.25, 0.3) is 0 Å². The fourth-order valence-electron chi connectivity index (χ4n) is 3.76. The van der Waals surface area contributed by atoms with E-state index < -0.39 is 6.23 Å². The maximum Gasteiger partial charge on any atom is 0.177 e. The van der Waals surface area contributed by atoms with Crippen LogP contribution in [0.1, 0.15) is 47.5 Å². The molecule has 1 fully saturated rings. The third-order valence-corrected chi connectivity index (χ3v) is 6.38. The number of aromatic nitrogens is 3. The van der Waals surface area contributed by atoms with Gasteiger partial charge in [0.05, 0.1) is 33.7 Å². The summed E-state index contributed by atoms with van der Waals surface area (Å²) < 4.78 is 7.84. The minimum atomic E-state index is -0.912. The first kappa shape index (κ1) is 22.5. The Labute approximate surface area is 196 Å². The van der Waals surface area contributed by atoms with E-state index in [1.165, 1.54) is 6.20 Å². The molecule has 168 valence electrons. The molecule has 0 saturated carbocycles. The Morgan fingerprint density at radius 3 is 2.78 bits per heavy atom. The van der Waals surface area contributed by atoms with Gasteiger partial charge in [-0.3, -0.25) is 20.8 Å². The molecule has 0 spiro atoms. The van der Waals surface area contributed by atoms with E-state index in [0.717, 1.165) is 25.9 Å². The van der Waals surface area contributed by atoms with E-state index in [9.17, 15) is 0 Å². The van der Waals surface area contributed by atoms with Gasteiger partial charge in [-0.15, -0.1) is 0 Å². The second kappa shape index (κ2) is 9.46. The van der Waals surface area contributed by atoms with Gasteiger partial charge < -0.3 is 15.8 Å². The number of nitrogens with two attached hydrogens (primary N) is 2. The molecule has 3 aromatic rings. The van der Waals surface area contributed by atoms with Crippen LogP contribution in [0, 0.1) is 12.3 Å². The highest BCUT2D eigenvalue weighted by atomic mass is 35.5. The quantitative estimate of drug-likeness (QED) is 0.244. The summed E-state index contributed by atoms with van der Waals surface area (Å²) in [5, 5.41) is 17.2. The highest BCUT2D eigenvalue weighted by molar-refractivity contribution is 6.36. The highest BCUT2D eigenvalue weighted by Gasteiger charge is 2.21. The van der Waals surface area contributed by atoms with Crippen molar-refractivity contribution in [2.45, 2.75) is 32.0 Å². The second-order valence-corrected chi connectivity index (χ2v) is 8.56. The normalized spacial score (nSPS) is 15.5. The van der Waals surface area contributed by atoms with Crippen molar-refractivity contribution < 1.29 is 4.74 Å². The maximum absolute atomic E-state index is 8.70. The van der Waals surface area contributed by atoms with Gasteiger partial charge in [0.15, 0.2) is 6.23 Å². The maximum atomic E-state index is 8.70. The lowest BCUT2D eigenvalue weighted by atomic mass is 10.0. The van der Waals surface area contributed by atoms with Crippen LogP contribution in [0.25, 0.3) is 0 Å². The predicted octanol–water partition coefficient (Wildman–Crippen LogP) is 3.85. The van der Waals surface area contributed by atoms with E-state index in [2.05, 4.69) is 15.4 Å². The van der Waals surface area contributed by atoms with Crippen LogP contribution in [-0.4, -0.2) is 33.6 Å². The van der Waals surface area contributed by atoms with Crippen molar-refractivity contribution in [2.24, 2.45) is 5.73 Å². The lowest BCUT2D eigenvalue weighted by Crippen LogP contribution is -2.29. The molecule has 1 aromatic carbocycles. The molecule has 1 aliphatic rings. The van der Waals surface area contributed by atoms with Gasteiger partial charge in [-0.1, -0.05) is 23.2 Å². The molecule has 10 heteroatoms. The number of ether oxygens (including phenoxy) is 1. The van der Waals surface area contributed by atoms with Crippen molar-refractivity contribution in [3.8, 4) is 5.75 Å². The van der Waals surface area contributed by atoms with Crippen LogP contribution in [0.15, 0.2) is 36.8 Å². The van der Waals surface area contributed by atoms with Crippen molar-refractivity contribution >= 4 is 34.6 Å². The summed E-state index contributed by atoms with van der Waals surface area (Å²) in [5.74, 6) is 0.443. The van der Waals surface area contributed by atoms with Gasteiger partial charge in [-0.2, -0.15) is 5.10 Å². The number of benzene rings is 1. The van der Waals surface area contributed by atoms with Crippen molar-refractivity contribution in [1.82, 2.24) is 20.1 Å². The molecule has 1 saturated heterocycles. The number of nitrogen functional groups attached to an aromatic ring is 1. The van der Waals surface area contributed by atoms with Gasteiger partial charge >= 0.3 is 0 Å². The van der Waals surface area contributed by atoms with Gasteiger partial charge in [-0.25, -0.2) is 0 Å². The summed E-state index contributed by atoms with van der Waals surface area (Å²) in [7, 11) is 0. The Hall–Kier alpha value is -2.65. The van der Waals surface area contributed by atoms with Crippen molar-refractivity contribution in [3.05, 3.63) is 69.2 Å². The van der Waals surface area contributed by atoms with E-state index in [1.54, 1.807) is 31.3 Å². The van der Waals surface area contributed by atoms with Crippen LogP contribution in [0.2, 0.25) is 10.0 Å². The van der Waals surface area contributed by atoms with Gasteiger partial charge in [-0.05, 0) is 51.1 Å². The van der Waals surface area contributed by atoms with E-state index in [1.807, 2.05) is 10.9 Å². The number of pyridine rings is 1. The monoisotopic (exact) mass is 473 g/mol. The van der Waals surface area contributed by atoms with Crippen molar-refractivity contribution in [3.63, 3.8) is 0 Å². The van der Waals surface area contributed by atoms with Crippen LogP contribution >= 0.6 is 23.2 Å². The molecule has 0 unspecified atom stereocenters. The molecule has 0 bridgehead atoms. The fraction of sp³-hybridized carbons (Fsp3) is 0.318. The Bertz CT molecular complexity index is 1140. The summed E-state index contributed by atoms with van der Waals surface area (Å²) in [4.78, 5) is 4.12. The van der Waals surface area contributed by atoms with Crippen LogP contribution in [0.3, 0.4) is 0 Å². The van der Waals surface area contributed by atoms with Gasteiger partial charge in [0.1, 0.15) is 5.75 Å². The average Bonchev–Trinajstić information content (AvgIpc) is 3.28. The van der Waals surface area contributed by atoms with Crippen LogP contribution in [0.5, 0.6) is 5.75 Å². The summed E-state index contributed by atoms with van der Waals surface area (Å²) in [6, 6.07) is 5.40. The molecule has 0 amide bonds. The molecule has 1 atom stereocenters. The number of hydrogen-bond donors (Lipinski definition) is 4. The number of nitrogens with one attached hydrogen (secondary N) is 2. The van der Waals surface area contributed by atoms with Gasteiger partial charge in [0, 0.05) is 34.8 Å². The van der Waals surface area contributed by atoms with Crippen LogP contribution < -0.4 is 21.5 Å². The molecule has 4 rings (SSSR count). The molecule has 3 heterocycles. The first-order chi connectivity index (χ1) is 15.3. The SMILES string of the molecule is Cc1ncc(Cl)c([C@@H](N)Oc2ccc(N)c(C(=N)c3cnn(C4CCNCC4)c3)c2)c1Cl. The zero-order chi connectivity index (χ0) is 22.8. The van der Waals surface area contributed by atoms with Crippen LogP contribution in [0.4, 0.5) is 5.69 Å². The minimum Gasteiger partial charge on any atom is -0.471 e. The number of halogens is 2. The van der Waals surface area contributed by atoms with Crippen molar-refractivity contribution in [1.29, 1.82) is 5.41 Å². The number of nitrogens with zero attached hydrogens (tertiary/aromatic N) is 3. The average molecular weight is 474 g/mol. The topological polar surface area (TPSA) is 128 Å². The second-order valence-electron chi connectivity index (χ2n) is 7.77. The first-order valence-electron chi connectivity index (χ1n) is 10.3. The third kappa shape index (κ3) is 4.59. The molecular formula is C22H25Cl2N7O. The van der Waals surface area contributed by atoms with E-state index in [4.69, 9.17) is 44.8 Å². The Kier molecular flexibility index (Phi) is 6.66. The van der Waals surface area contributed by atoms with E-state index in [-0.39, 0.29) is 5.71 Å². The van der Waals surface area contributed by atoms with E-state index in [0.29, 0.717) is 49.9 Å². The summed E-state index contributed by atoms with van der Waals surface area (Å²) in [6.45, 7) is 3.70. The first-order valence-corrected chi connectivity index (χ1v) is 11.1. The zero-order valence-electron chi connectivity index (χ0n) is 17.6. The Morgan fingerprint density at radius 1 is 1.28 bits per heavy atom. The smallest absolute Gasteiger partial charge is 0.177 e. The van der Waals surface area contributed by atoms with Crippen molar-refractivity contribution in [2.75, 3.05) is 18.8 Å². The number of aryl methyl sites for hydroxylation is 1. The number of piperidine rings is 1. The van der Waals surface area contributed by atoms with E-state index >= 15 is 0 Å². The lowest BCUT2D eigenvalue weighted by molar-refractivity contribution is 0.214. The lowest BCUT2D eigenvalue weighted by Gasteiger charge is -2.22. The summed E-state index contributed by atoms with van der Waals surface area (Å²) in [6.07, 6.45) is 6.20. The van der Waals surface area contributed by atoms with Crippen LogP contribution in [-0.2, 0) is 0 Å². The summed E-state index contributed by atoms with van der Waals surface area (Å²) >= 11 is 12.6. The molecule has 32 heavy (non-hydrogen) atoms. The minimum absolute atomic E-state index is 0.262. The molecule has 6 N–H and O–H groups in total. The molecule has 0 radical (unpaired) electrons.